The van der Waals surface area contributed by atoms with Crippen molar-refractivity contribution in [2.75, 3.05) is 13.2 Å². The first-order valence-electron chi connectivity index (χ1n) is 15.0. The van der Waals surface area contributed by atoms with E-state index in [1.54, 1.807) is 0 Å². The molecule has 0 atom stereocenters. The van der Waals surface area contributed by atoms with Gasteiger partial charge in [-0.3, -0.25) is 0 Å². The van der Waals surface area contributed by atoms with E-state index in [0.717, 1.165) is 43.1 Å². The molecule has 0 fully saturated rings. The van der Waals surface area contributed by atoms with E-state index in [1.807, 2.05) is 6.08 Å². The van der Waals surface area contributed by atoms with Gasteiger partial charge in [0.1, 0.15) is 11.5 Å². The van der Waals surface area contributed by atoms with Gasteiger partial charge < -0.3 is 9.47 Å². The Morgan fingerprint density at radius 2 is 0.974 bits per heavy atom. The Kier molecular flexibility index (Phi) is 13.6. The summed E-state index contributed by atoms with van der Waals surface area (Å²) in [7, 11) is 0. The Morgan fingerprint density at radius 3 is 1.47 bits per heavy atom. The number of hydrogen-bond donors (Lipinski definition) is 0. The smallest absolute Gasteiger partial charge is 0.119 e. The monoisotopic (exact) mass is 512 g/mol. The first-order chi connectivity index (χ1) is 18.7. The second-order valence-corrected chi connectivity index (χ2v) is 10.3. The first-order valence-corrected chi connectivity index (χ1v) is 15.0. The van der Waals surface area contributed by atoms with Gasteiger partial charge >= 0.3 is 0 Å². The van der Waals surface area contributed by atoms with Crippen LogP contribution in [0.3, 0.4) is 0 Å². The minimum atomic E-state index is 0.793. The van der Waals surface area contributed by atoms with Gasteiger partial charge in [-0.25, -0.2) is 0 Å². The van der Waals surface area contributed by atoms with Crippen LogP contribution in [-0.4, -0.2) is 13.2 Å². The number of ether oxygens (including phenoxy) is 2. The Balaban J connectivity index is 1.51. The zero-order valence-electron chi connectivity index (χ0n) is 23.9. The van der Waals surface area contributed by atoms with E-state index in [2.05, 4.69) is 87.2 Å². The number of rotatable bonds is 19. The van der Waals surface area contributed by atoms with Crippen molar-refractivity contribution in [1.82, 2.24) is 0 Å². The van der Waals surface area contributed by atoms with Crippen LogP contribution in [0.4, 0.5) is 0 Å². The average molecular weight is 513 g/mol. The molecule has 0 N–H and O–H groups in total. The molecule has 3 aromatic carbocycles. The van der Waals surface area contributed by atoms with Crippen molar-refractivity contribution in [1.29, 1.82) is 0 Å². The minimum absolute atomic E-state index is 0.793. The highest BCUT2D eigenvalue weighted by molar-refractivity contribution is 5.79. The van der Waals surface area contributed by atoms with Crippen LogP contribution < -0.4 is 9.47 Å². The van der Waals surface area contributed by atoms with Crippen molar-refractivity contribution in [3.63, 3.8) is 0 Å². The third-order valence-electron chi connectivity index (χ3n) is 7.16. The summed E-state index contributed by atoms with van der Waals surface area (Å²) >= 11 is 0. The highest BCUT2D eigenvalue weighted by atomic mass is 16.5. The molecule has 0 aliphatic heterocycles. The van der Waals surface area contributed by atoms with Crippen molar-refractivity contribution in [2.24, 2.45) is 0 Å². The fraction of sp³-hybridized carbons (Fsp3) is 0.444. The maximum Gasteiger partial charge on any atom is 0.119 e. The maximum absolute atomic E-state index is 5.97. The highest BCUT2D eigenvalue weighted by Crippen LogP contribution is 2.31. The third-order valence-corrected chi connectivity index (χ3v) is 7.16. The van der Waals surface area contributed by atoms with Gasteiger partial charge in [0.25, 0.3) is 0 Å². The summed E-state index contributed by atoms with van der Waals surface area (Å²) in [5.74, 6) is 1.89. The van der Waals surface area contributed by atoms with Crippen molar-refractivity contribution in [2.45, 2.75) is 90.9 Å². The van der Waals surface area contributed by atoms with E-state index in [4.69, 9.17) is 9.47 Å². The Bertz CT molecular complexity index is 1050. The molecule has 0 unspecified atom stereocenters. The van der Waals surface area contributed by atoms with Gasteiger partial charge in [0.15, 0.2) is 0 Å². The lowest BCUT2D eigenvalue weighted by Crippen LogP contribution is -1.97. The van der Waals surface area contributed by atoms with Gasteiger partial charge in [-0.2, -0.15) is 0 Å². The van der Waals surface area contributed by atoms with Crippen LogP contribution in [0.25, 0.3) is 28.3 Å². The molecule has 0 aromatic heterocycles. The van der Waals surface area contributed by atoms with Gasteiger partial charge in [0, 0.05) is 0 Å². The number of unbranched alkanes of at least 4 members (excludes halogenated alkanes) is 10. The maximum atomic E-state index is 5.97. The van der Waals surface area contributed by atoms with Gasteiger partial charge in [-0.1, -0.05) is 127 Å². The molecule has 204 valence electrons. The Hall–Kier alpha value is -3.00. The van der Waals surface area contributed by atoms with Crippen LogP contribution in [0, 0.1) is 0 Å². The molecule has 0 saturated carbocycles. The fourth-order valence-corrected chi connectivity index (χ4v) is 4.79. The predicted octanol–water partition coefficient (Wildman–Crippen LogP) is 11.1. The molecule has 0 aliphatic carbocycles. The quantitative estimate of drug-likeness (QED) is 0.149. The molecule has 0 saturated heterocycles. The first kappa shape index (κ1) is 29.6. The summed E-state index contributed by atoms with van der Waals surface area (Å²) in [4.78, 5) is 0. The van der Waals surface area contributed by atoms with Crippen molar-refractivity contribution in [3.8, 4) is 33.8 Å². The number of benzene rings is 3. The average Bonchev–Trinajstić information content (AvgIpc) is 2.96. The standard InChI is InChI=1S/C36H48O2/c1-4-7-9-11-13-15-27-37-34-22-17-31(18-23-34)33-21-26-36(30(6-3)29-33)32-19-24-35(25-20-32)38-28-16-14-12-10-8-5-2/h6,17-26,29H,3-5,7-16,27-28H2,1-2H3. The van der Waals surface area contributed by atoms with E-state index in [1.165, 1.54) is 86.5 Å². The summed E-state index contributed by atoms with van der Waals surface area (Å²) in [6.45, 7) is 10.2. The lowest BCUT2D eigenvalue weighted by Gasteiger charge is -2.12. The minimum Gasteiger partial charge on any atom is -0.494 e. The third kappa shape index (κ3) is 10.0. The topological polar surface area (TPSA) is 18.5 Å². The molecule has 2 nitrogen and oxygen atoms in total. The summed E-state index contributed by atoms with van der Waals surface area (Å²) in [6, 6.07) is 23.5. The molecule has 0 radical (unpaired) electrons. The van der Waals surface area contributed by atoms with Crippen LogP contribution in [-0.2, 0) is 0 Å². The largest absolute Gasteiger partial charge is 0.494 e. The number of hydrogen-bond acceptors (Lipinski definition) is 2. The second-order valence-electron chi connectivity index (χ2n) is 10.3. The van der Waals surface area contributed by atoms with E-state index in [0.29, 0.717) is 0 Å². The summed E-state index contributed by atoms with van der Waals surface area (Å²) in [6.07, 6.45) is 17.3. The molecular weight excluding hydrogens is 464 g/mol. The van der Waals surface area contributed by atoms with Crippen molar-refractivity contribution in [3.05, 3.63) is 78.9 Å². The van der Waals surface area contributed by atoms with Crippen molar-refractivity contribution < 1.29 is 9.47 Å². The molecule has 3 rings (SSSR count). The van der Waals surface area contributed by atoms with Crippen LogP contribution in [0.5, 0.6) is 11.5 Å². The van der Waals surface area contributed by atoms with E-state index >= 15 is 0 Å². The molecule has 38 heavy (non-hydrogen) atoms. The molecule has 0 amide bonds. The normalized spacial score (nSPS) is 10.9. The molecule has 2 heteroatoms. The van der Waals surface area contributed by atoms with Crippen LogP contribution >= 0.6 is 0 Å². The zero-order chi connectivity index (χ0) is 26.8. The van der Waals surface area contributed by atoms with Gasteiger partial charge in [-0.15, -0.1) is 0 Å². The summed E-state index contributed by atoms with van der Waals surface area (Å²) < 4.78 is 11.9. The van der Waals surface area contributed by atoms with Crippen LogP contribution in [0.1, 0.15) is 96.5 Å². The predicted molar refractivity (Wildman–Crippen MR) is 165 cm³/mol. The molecule has 0 spiro atoms. The van der Waals surface area contributed by atoms with E-state index < -0.39 is 0 Å². The van der Waals surface area contributed by atoms with E-state index in [9.17, 15) is 0 Å². The van der Waals surface area contributed by atoms with Crippen LogP contribution in [0.15, 0.2) is 73.3 Å². The molecule has 3 aromatic rings. The van der Waals surface area contributed by atoms with Crippen LogP contribution in [0.2, 0.25) is 0 Å². The second kappa shape index (κ2) is 17.5. The Labute approximate surface area is 232 Å². The molecule has 0 bridgehead atoms. The molecule has 0 heterocycles. The summed E-state index contributed by atoms with van der Waals surface area (Å²) in [5.41, 5.74) is 5.86. The Morgan fingerprint density at radius 1 is 0.526 bits per heavy atom. The van der Waals surface area contributed by atoms with E-state index in [-0.39, 0.29) is 0 Å². The lowest BCUT2D eigenvalue weighted by atomic mass is 9.95. The SMILES string of the molecule is C=Cc1cc(-c2ccc(OCCCCCCCC)cc2)ccc1-c1ccc(OCCCCCCCC)cc1. The molecule has 0 aliphatic rings. The lowest BCUT2D eigenvalue weighted by molar-refractivity contribution is 0.304. The van der Waals surface area contributed by atoms with Gasteiger partial charge in [0.05, 0.1) is 13.2 Å². The van der Waals surface area contributed by atoms with Gasteiger partial charge in [-0.05, 0) is 71.0 Å². The van der Waals surface area contributed by atoms with Gasteiger partial charge in [0.2, 0.25) is 0 Å². The fourth-order valence-electron chi connectivity index (χ4n) is 4.79. The van der Waals surface area contributed by atoms with Crippen molar-refractivity contribution >= 4 is 6.08 Å². The molecular formula is C36H48O2. The zero-order valence-corrected chi connectivity index (χ0v) is 23.9. The highest BCUT2D eigenvalue weighted by Gasteiger charge is 2.07. The summed E-state index contributed by atoms with van der Waals surface area (Å²) in [5, 5.41) is 0.